The average molecular weight is 260 g/mol. The molecule has 0 saturated carbocycles. The predicted molar refractivity (Wildman–Crippen MR) is 71.2 cm³/mol. The Morgan fingerprint density at radius 1 is 1.37 bits per heavy atom. The van der Waals surface area contributed by atoms with Gasteiger partial charge in [-0.2, -0.15) is 0 Å². The van der Waals surface area contributed by atoms with Crippen LogP contribution in [0, 0.1) is 0 Å². The first kappa shape index (κ1) is 13.1. The first-order valence-electron chi connectivity index (χ1n) is 6.06. The minimum Gasteiger partial charge on any atom is -0.497 e. The lowest BCUT2D eigenvalue weighted by molar-refractivity contribution is -0.136. The molecule has 0 aliphatic rings. The predicted octanol–water partition coefficient (Wildman–Crippen LogP) is 2.21. The number of nitrogens with zero attached hydrogens (tertiary/aromatic N) is 2. The smallest absolute Gasteiger partial charge is 0.309 e. The van der Waals surface area contributed by atoms with Crippen molar-refractivity contribution in [3.63, 3.8) is 0 Å². The van der Waals surface area contributed by atoms with E-state index in [2.05, 4.69) is 4.98 Å². The van der Waals surface area contributed by atoms with E-state index in [4.69, 9.17) is 9.84 Å². The highest BCUT2D eigenvalue weighted by molar-refractivity contribution is 5.70. The molecule has 0 aliphatic carbocycles. The Hall–Kier alpha value is -2.30. The van der Waals surface area contributed by atoms with E-state index in [0.29, 0.717) is 12.2 Å². The maximum atomic E-state index is 10.8. The number of aromatic nitrogens is 2. The van der Waals surface area contributed by atoms with Gasteiger partial charge < -0.3 is 14.4 Å². The Morgan fingerprint density at radius 3 is 2.58 bits per heavy atom. The topological polar surface area (TPSA) is 64.4 Å². The SMILES string of the molecule is CCn1c(CC(=O)O)cnc1-c1ccc(OC)cc1. The maximum Gasteiger partial charge on any atom is 0.309 e. The van der Waals surface area contributed by atoms with E-state index in [0.717, 1.165) is 17.1 Å². The molecule has 0 fully saturated rings. The van der Waals surface area contributed by atoms with Gasteiger partial charge in [-0.25, -0.2) is 4.98 Å². The van der Waals surface area contributed by atoms with Crippen molar-refractivity contribution in [2.45, 2.75) is 19.9 Å². The second-order valence-corrected chi connectivity index (χ2v) is 4.12. The van der Waals surface area contributed by atoms with Gasteiger partial charge in [-0.3, -0.25) is 4.79 Å². The largest absolute Gasteiger partial charge is 0.497 e. The number of imidazole rings is 1. The van der Waals surface area contributed by atoms with Crippen LogP contribution < -0.4 is 4.74 Å². The summed E-state index contributed by atoms with van der Waals surface area (Å²) >= 11 is 0. The van der Waals surface area contributed by atoms with E-state index in [1.807, 2.05) is 35.8 Å². The van der Waals surface area contributed by atoms with Crippen LogP contribution in [-0.4, -0.2) is 27.7 Å². The Bertz CT molecular complexity index is 573. The molecule has 0 aliphatic heterocycles. The van der Waals surface area contributed by atoms with E-state index in [9.17, 15) is 4.79 Å². The highest BCUT2D eigenvalue weighted by Gasteiger charge is 2.12. The minimum atomic E-state index is -0.851. The molecule has 5 nitrogen and oxygen atoms in total. The van der Waals surface area contributed by atoms with Gasteiger partial charge in [0.25, 0.3) is 0 Å². The molecule has 5 heteroatoms. The van der Waals surface area contributed by atoms with Crippen LogP contribution in [0.1, 0.15) is 12.6 Å². The van der Waals surface area contributed by atoms with Crippen molar-refractivity contribution in [2.75, 3.05) is 7.11 Å². The number of carbonyl (C=O) groups is 1. The summed E-state index contributed by atoms with van der Waals surface area (Å²) in [5, 5.41) is 8.88. The molecule has 0 spiro atoms. The summed E-state index contributed by atoms with van der Waals surface area (Å²) in [6, 6.07) is 7.55. The van der Waals surface area contributed by atoms with E-state index in [1.54, 1.807) is 13.3 Å². The van der Waals surface area contributed by atoms with Gasteiger partial charge in [-0.15, -0.1) is 0 Å². The Balaban J connectivity index is 2.38. The number of methoxy groups -OCH3 is 1. The van der Waals surface area contributed by atoms with Crippen LogP contribution in [-0.2, 0) is 17.8 Å². The molecule has 100 valence electrons. The molecular formula is C14H16N2O3. The third-order valence-corrected chi connectivity index (χ3v) is 2.94. The number of ether oxygens (including phenoxy) is 1. The molecule has 2 rings (SSSR count). The summed E-state index contributed by atoms with van der Waals surface area (Å²) in [6.07, 6.45) is 1.61. The van der Waals surface area contributed by atoms with Crippen LogP contribution >= 0.6 is 0 Å². The third-order valence-electron chi connectivity index (χ3n) is 2.94. The van der Waals surface area contributed by atoms with Gasteiger partial charge in [-0.1, -0.05) is 0 Å². The van der Waals surface area contributed by atoms with Crippen molar-refractivity contribution in [3.8, 4) is 17.1 Å². The van der Waals surface area contributed by atoms with Crippen molar-refractivity contribution in [2.24, 2.45) is 0 Å². The molecule has 1 heterocycles. The van der Waals surface area contributed by atoms with Crippen molar-refractivity contribution in [1.29, 1.82) is 0 Å². The van der Waals surface area contributed by atoms with Gasteiger partial charge in [0.1, 0.15) is 11.6 Å². The normalized spacial score (nSPS) is 10.4. The van der Waals surface area contributed by atoms with Crippen molar-refractivity contribution < 1.29 is 14.6 Å². The van der Waals surface area contributed by atoms with E-state index >= 15 is 0 Å². The van der Waals surface area contributed by atoms with Gasteiger partial charge in [0.2, 0.25) is 0 Å². The number of hydrogen-bond donors (Lipinski definition) is 1. The summed E-state index contributed by atoms with van der Waals surface area (Å²) in [6.45, 7) is 2.66. The average Bonchev–Trinajstić information content (AvgIpc) is 2.80. The second-order valence-electron chi connectivity index (χ2n) is 4.12. The summed E-state index contributed by atoms with van der Waals surface area (Å²) in [5.41, 5.74) is 1.65. The van der Waals surface area contributed by atoms with E-state index in [1.165, 1.54) is 0 Å². The molecule has 2 aromatic rings. The number of benzene rings is 1. The van der Waals surface area contributed by atoms with Crippen molar-refractivity contribution >= 4 is 5.97 Å². The zero-order valence-corrected chi connectivity index (χ0v) is 11.0. The Labute approximate surface area is 111 Å². The van der Waals surface area contributed by atoms with Gasteiger partial charge >= 0.3 is 5.97 Å². The van der Waals surface area contributed by atoms with Crippen LogP contribution in [0.25, 0.3) is 11.4 Å². The summed E-state index contributed by atoms with van der Waals surface area (Å²) < 4.78 is 7.03. The summed E-state index contributed by atoms with van der Waals surface area (Å²) in [5.74, 6) is 0.710. The number of carboxylic acid groups (broad SMARTS) is 1. The highest BCUT2D eigenvalue weighted by atomic mass is 16.5. The zero-order chi connectivity index (χ0) is 13.8. The maximum absolute atomic E-state index is 10.8. The second kappa shape index (κ2) is 5.56. The van der Waals surface area contributed by atoms with Gasteiger partial charge in [0, 0.05) is 24.0 Å². The molecule has 0 radical (unpaired) electrons. The van der Waals surface area contributed by atoms with Gasteiger partial charge in [0.05, 0.1) is 13.5 Å². The van der Waals surface area contributed by atoms with Crippen LogP contribution in [0.2, 0.25) is 0 Å². The fourth-order valence-electron chi connectivity index (χ4n) is 2.03. The molecular weight excluding hydrogens is 244 g/mol. The molecule has 1 aromatic carbocycles. The standard InChI is InChI=1S/C14H16N2O3/c1-3-16-11(8-13(17)18)9-15-14(16)10-4-6-12(19-2)7-5-10/h4-7,9H,3,8H2,1-2H3,(H,17,18). The Morgan fingerprint density at radius 2 is 2.05 bits per heavy atom. The van der Waals surface area contributed by atoms with Crippen LogP contribution in [0.15, 0.2) is 30.5 Å². The molecule has 1 aromatic heterocycles. The van der Waals surface area contributed by atoms with Crippen LogP contribution in [0.3, 0.4) is 0 Å². The van der Waals surface area contributed by atoms with Crippen molar-refractivity contribution in [1.82, 2.24) is 9.55 Å². The first-order chi connectivity index (χ1) is 9.15. The van der Waals surface area contributed by atoms with Gasteiger partial charge in [0.15, 0.2) is 0 Å². The number of hydrogen-bond acceptors (Lipinski definition) is 3. The number of aliphatic carboxylic acids is 1. The first-order valence-corrected chi connectivity index (χ1v) is 6.06. The zero-order valence-electron chi connectivity index (χ0n) is 11.0. The quantitative estimate of drug-likeness (QED) is 0.895. The molecule has 0 atom stereocenters. The number of rotatable bonds is 5. The lowest BCUT2D eigenvalue weighted by Gasteiger charge is -2.09. The molecule has 19 heavy (non-hydrogen) atoms. The Kier molecular flexibility index (Phi) is 3.85. The van der Waals surface area contributed by atoms with Crippen LogP contribution in [0.5, 0.6) is 5.75 Å². The molecule has 0 amide bonds. The van der Waals surface area contributed by atoms with Gasteiger partial charge in [-0.05, 0) is 31.2 Å². The lowest BCUT2D eigenvalue weighted by Crippen LogP contribution is -2.08. The molecule has 1 N–H and O–H groups in total. The van der Waals surface area contributed by atoms with Crippen LogP contribution in [0.4, 0.5) is 0 Å². The highest BCUT2D eigenvalue weighted by Crippen LogP contribution is 2.22. The summed E-state index contributed by atoms with van der Waals surface area (Å²) in [7, 11) is 1.62. The van der Waals surface area contributed by atoms with E-state index in [-0.39, 0.29) is 6.42 Å². The lowest BCUT2D eigenvalue weighted by atomic mass is 10.2. The number of carboxylic acids is 1. The minimum absolute atomic E-state index is 0.0169. The van der Waals surface area contributed by atoms with E-state index < -0.39 is 5.97 Å². The molecule has 0 saturated heterocycles. The monoisotopic (exact) mass is 260 g/mol. The summed E-state index contributed by atoms with van der Waals surface area (Å²) in [4.78, 5) is 15.1. The van der Waals surface area contributed by atoms with Crippen molar-refractivity contribution in [3.05, 3.63) is 36.2 Å². The third kappa shape index (κ3) is 2.76. The molecule has 0 bridgehead atoms. The molecule has 0 unspecified atom stereocenters. The fraction of sp³-hybridized carbons (Fsp3) is 0.286. The fourth-order valence-corrected chi connectivity index (χ4v) is 2.03.